The van der Waals surface area contributed by atoms with Crippen LogP contribution < -0.4 is 10.1 Å². The molecule has 0 aromatic heterocycles. The van der Waals surface area contributed by atoms with Crippen molar-refractivity contribution in [1.82, 2.24) is 5.32 Å². The lowest BCUT2D eigenvalue weighted by molar-refractivity contribution is -0.229. The fourth-order valence-corrected chi connectivity index (χ4v) is 7.86. The number of carbonyl (C=O) groups excluding carboxylic acids is 1. The Labute approximate surface area is 182 Å². The minimum Gasteiger partial charge on any atom is -0.486 e. The van der Waals surface area contributed by atoms with E-state index in [1.165, 1.54) is 18.4 Å². The average Bonchev–Trinajstić information content (AvgIpc) is 3.06. The summed E-state index contributed by atoms with van der Waals surface area (Å²) < 4.78 is 13.2. The summed E-state index contributed by atoms with van der Waals surface area (Å²) >= 11 is 4.00. The van der Waals surface area contributed by atoms with Crippen LogP contribution in [0.4, 0.5) is 0 Å². The lowest BCUT2D eigenvalue weighted by Crippen LogP contribution is -2.72. The quantitative estimate of drug-likeness (QED) is 0.607. The van der Waals surface area contributed by atoms with E-state index in [2.05, 4.69) is 55.0 Å². The summed E-state index contributed by atoms with van der Waals surface area (Å²) in [6, 6.07) is 4.12. The normalized spacial score (nSPS) is 42.1. The highest BCUT2D eigenvalue weighted by Crippen LogP contribution is 2.67. The van der Waals surface area contributed by atoms with E-state index in [0.29, 0.717) is 23.2 Å². The molecule has 2 saturated carbocycles. The highest BCUT2D eigenvalue weighted by atomic mass is 79.9. The van der Waals surface area contributed by atoms with E-state index in [4.69, 9.17) is 9.47 Å². The number of halogens is 1. The molecule has 2 unspecified atom stereocenters. The second-order valence-electron chi connectivity index (χ2n) is 10.6. The van der Waals surface area contributed by atoms with Crippen LogP contribution in [0.15, 0.2) is 12.1 Å². The Bertz CT molecular complexity index is 883. The van der Waals surface area contributed by atoms with Gasteiger partial charge in [-0.1, -0.05) is 49.7 Å². The number of rotatable bonds is 1. The number of amides is 1. The molecule has 4 aliphatic rings. The van der Waals surface area contributed by atoms with Gasteiger partial charge in [0, 0.05) is 47.4 Å². The molecule has 2 heterocycles. The minimum atomic E-state index is -0.285. The third kappa shape index (κ3) is 2.38. The second kappa shape index (κ2) is 6.23. The summed E-state index contributed by atoms with van der Waals surface area (Å²) in [5.41, 5.74) is 2.88. The van der Waals surface area contributed by atoms with Crippen molar-refractivity contribution in [3.05, 3.63) is 28.8 Å². The predicted octanol–water partition coefficient (Wildman–Crippen LogP) is 4.86. The molecule has 0 saturated heterocycles. The third-order valence-electron chi connectivity index (χ3n) is 9.10. The topological polar surface area (TPSA) is 47.6 Å². The monoisotopic (exact) mass is 461 g/mol. The number of fused-ring (bicyclic) bond motifs is 3. The molecule has 2 fully saturated rings. The molecule has 6 atom stereocenters. The highest BCUT2D eigenvalue weighted by molar-refractivity contribution is 9.09. The molecule has 0 bridgehead atoms. The smallest absolute Gasteiger partial charge is 0.252 e. The number of hydrogen-bond donors (Lipinski definition) is 1. The second-order valence-corrected chi connectivity index (χ2v) is 11.6. The Morgan fingerprint density at radius 1 is 1.24 bits per heavy atom. The van der Waals surface area contributed by atoms with E-state index in [-0.39, 0.29) is 28.4 Å². The van der Waals surface area contributed by atoms with Crippen LogP contribution in [-0.4, -0.2) is 29.5 Å². The maximum absolute atomic E-state index is 12.3. The Balaban J connectivity index is 1.72. The molecule has 29 heavy (non-hydrogen) atoms. The van der Waals surface area contributed by atoms with E-state index < -0.39 is 0 Å². The molecule has 1 spiro atoms. The van der Waals surface area contributed by atoms with Gasteiger partial charge in [0.05, 0.1) is 6.10 Å². The van der Waals surface area contributed by atoms with Gasteiger partial charge in [-0.25, -0.2) is 0 Å². The van der Waals surface area contributed by atoms with E-state index in [9.17, 15) is 4.79 Å². The zero-order valence-corrected chi connectivity index (χ0v) is 19.7. The summed E-state index contributed by atoms with van der Waals surface area (Å²) in [5, 5.41) is 2.99. The van der Waals surface area contributed by atoms with Gasteiger partial charge < -0.3 is 14.8 Å². The first-order valence-corrected chi connectivity index (χ1v) is 11.9. The molecule has 2 aliphatic carbocycles. The molecule has 1 N–H and O–H groups in total. The molecule has 1 amide bonds. The van der Waals surface area contributed by atoms with Crippen molar-refractivity contribution >= 4 is 21.8 Å². The van der Waals surface area contributed by atoms with Crippen LogP contribution in [0.3, 0.4) is 0 Å². The summed E-state index contributed by atoms with van der Waals surface area (Å²) in [4.78, 5) is 12.6. The maximum atomic E-state index is 12.3. The summed E-state index contributed by atoms with van der Waals surface area (Å²) in [7, 11) is 1.83. The first kappa shape index (κ1) is 19.9. The molecule has 5 rings (SSSR count). The van der Waals surface area contributed by atoms with Crippen molar-refractivity contribution in [2.24, 2.45) is 22.7 Å². The van der Waals surface area contributed by atoms with Crippen molar-refractivity contribution in [3.63, 3.8) is 0 Å². The first-order chi connectivity index (χ1) is 13.7. The predicted molar refractivity (Wildman–Crippen MR) is 117 cm³/mol. The number of alkyl halides is 1. The van der Waals surface area contributed by atoms with Gasteiger partial charge in [-0.3, -0.25) is 4.79 Å². The van der Waals surface area contributed by atoms with Gasteiger partial charge in [0.1, 0.15) is 11.4 Å². The molecular weight excluding hydrogens is 430 g/mol. The molecule has 4 nitrogen and oxygen atoms in total. The molecule has 1 aromatic rings. The highest BCUT2D eigenvalue weighted by Gasteiger charge is 2.69. The van der Waals surface area contributed by atoms with Crippen LogP contribution in [0.5, 0.6) is 5.75 Å². The van der Waals surface area contributed by atoms with Crippen LogP contribution in [0.2, 0.25) is 0 Å². The number of hydrogen-bond acceptors (Lipinski definition) is 3. The fourth-order valence-electron chi connectivity index (χ4n) is 7.13. The van der Waals surface area contributed by atoms with Crippen molar-refractivity contribution < 1.29 is 14.3 Å². The van der Waals surface area contributed by atoms with Gasteiger partial charge >= 0.3 is 0 Å². The van der Waals surface area contributed by atoms with Crippen molar-refractivity contribution in [2.75, 3.05) is 7.11 Å². The number of methoxy groups -OCH3 is 1. The third-order valence-corrected chi connectivity index (χ3v) is 10.9. The van der Waals surface area contributed by atoms with Crippen LogP contribution in [0.25, 0.3) is 0 Å². The standard InChI is InChI=1S/C24H32BrNO3/c1-13-6-9-18-22(2,3)20(25)17(28-5)11-24(18)23(13,4)10-14-7-8-15-16(19(14)29-24)12-26-21(15)27/h7-8,13,17-18,20H,6,9-12H2,1-5H3,(H,26,27)/t13-,17?,18-,20?,23+,24-/m0/s1. The zero-order chi connectivity index (χ0) is 20.8. The Morgan fingerprint density at radius 3 is 2.72 bits per heavy atom. The van der Waals surface area contributed by atoms with Crippen molar-refractivity contribution in [2.45, 2.75) is 76.5 Å². The van der Waals surface area contributed by atoms with Gasteiger partial charge in [0.2, 0.25) is 0 Å². The minimum absolute atomic E-state index is 0.0186. The molecule has 2 aliphatic heterocycles. The van der Waals surface area contributed by atoms with Crippen LogP contribution in [0.1, 0.15) is 68.4 Å². The van der Waals surface area contributed by atoms with E-state index in [0.717, 1.165) is 29.7 Å². The SMILES string of the molecule is COC1C[C@@]23Oc4c(ccc5c4CNC5=O)C[C@]2(C)[C@@H](C)CC[C@H]3C(C)(C)C1Br. The van der Waals surface area contributed by atoms with E-state index in [1.807, 2.05) is 13.2 Å². The number of benzene rings is 1. The maximum Gasteiger partial charge on any atom is 0.252 e. The molecule has 158 valence electrons. The van der Waals surface area contributed by atoms with E-state index in [1.54, 1.807) is 0 Å². The van der Waals surface area contributed by atoms with Crippen LogP contribution in [0, 0.1) is 22.7 Å². The molecule has 1 aromatic carbocycles. The van der Waals surface area contributed by atoms with E-state index >= 15 is 0 Å². The van der Waals surface area contributed by atoms with Gasteiger partial charge in [-0.05, 0) is 42.2 Å². The number of carbonyl (C=O) groups is 1. The van der Waals surface area contributed by atoms with Gasteiger partial charge in [-0.2, -0.15) is 0 Å². The number of ether oxygens (including phenoxy) is 2. The van der Waals surface area contributed by atoms with Gasteiger partial charge in [-0.15, -0.1) is 0 Å². The Morgan fingerprint density at radius 2 is 2.00 bits per heavy atom. The average molecular weight is 462 g/mol. The lowest BCUT2D eigenvalue weighted by Gasteiger charge is -2.68. The fraction of sp³-hybridized carbons (Fsp3) is 0.708. The molecule has 5 heteroatoms. The van der Waals surface area contributed by atoms with Gasteiger partial charge in [0.15, 0.2) is 0 Å². The summed E-state index contributed by atoms with van der Waals surface area (Å²) in [6.45, 7) is 10.2. The van der Waals surface area contributed by atoms with Gasteiger partial charge in [0.25, 0.3) is 5.91 Å². The summed E-state index contributed by atoms with van der Waals surface area (Å²) in [6.07, 6.45) is 4.39. The Hall–Kier alpha value is -1.07. The Kier molecular flexibility index (Phi) is 4.27. The number of nitrogens with one attached hydrogen (secondary N) is 1. The molecule has 0 radical (unpaired) electrons. The van der Waals surface area contributed by atoms with Crippen molar-refractivity contribution in [3.8, 4) is 5.75 Å². The first-order valence-electron chi connectivity index (χ1n) is 10.9. The van der Waals surface area contributed by atoms with Crippen molar-refractivity contribution in [1.29, 1.82) is 0 Å². The largest absolute Gasteiger partial charge is 0.486 e. The zero-order valence-electron chi connectivity index (χ0n) is 18.1. The van der Waals surface area contributed by atoms with Crippen LogP contribution in [-0.2, 0) is 17.7 Å². The molecular formula is C24H32BrNO3. The lowest BCUT2D eigenvalue weighted by atomic mass is 9.44. The summed E-state index contributed by atoms with van der Waals surface area (Å²) in [5.74, 6) is 1.99. The van der Waals surface area contributed by atoms with Crippen LogP contribution >= 0.6 is 15.9 Å².